The fourth-order valence-electron chi connectivity index (χ4n) is 3.61. The SMILES string of the molecule is COc1c(C#Cc2ccccc2)c(OC)c(C#Cc2ccccc2)c(OC)c1C#Cc1ccccc1. The van der Waals surface area contributed by atoms with E-state index in [1.54, 1.807) is 21.3 Å². The molecule has 0 bridgehead atoms. The quantitative estimate of drug-likeness (QED) is 0.350. The molecule has 0 N–H and O–H groups in total. The Balaban J connectivity index is 2.01. The summed E-state index contributed by atoms with van der Waals surface area (Å²) < 4.78 is 17.5. The molecule has 0 aliphatic rings. The zero-order chi connectivity index (χ0) is 25.2. The van der Waals surface area contributed by atoms with Crippen molar-refractivity contribution in [2.45, 2.75) is 0 Å². The van der Waals surface area contributed by atoms with E-state index >= 15 is 0 Å². The molecule has 0 aliphatic carbocycles. The lowest BCUT2D eigenvalue weighted by atomic mass is 9.99. The highest BCUT2D eigenvalue weighted by Crippen LogP contribution is 2.42. The zero-order valence-corrected chi connectivity index (χ0v) is 20.4. The molecule has 0 atom stereocenters. The highest BCUT2D eigenvalue weighted by molar-refractivity contribution is 5.76. The molecule has 36 heavy (non-hydrogen) atoms. The molecule has 0 unspecified atom stereocenters. The van der Waals surface area contributed by atoms with Crippen molar-refractivity contribution in [2.75, 3.05) is 21.3 Å². The van der Waals surface area contributed by atoms with Crippen LogP contribution in [0.5, 0.6) is 17.2 Å². The van der Waals surface area contributed by atoms with Gasteiger partial charge in [-0.25, -0.2) is 0 Å². The third-order valence-corrected chi connectivity index (χ3v) is 5.29. The molecule has 0 aromatic heterocycles. The van der Waals surface area contributed by atoms with E-state index < -0.39 is 0 Å². The Hall–Kier alpha value is -5.04. The van der Waals surface area contributed by atoms with Crippen molar-refractivity contribution in [3.63, 3.8) is 0 Å². The standard InChI is InChI=1S/C33H24O3/c1-34-31-28(22-19-25-13-7-4-8-14-25)32(35-2)30(24-21-27-17-11-6-12-18-27)33(36-3)29(31)23-20-26-15-9-5-10-16-26/h4-18H,1-3H3. The predicted molar refractivity (Wildman–Crippen MR) is 143 cm³/mol. The van der Waals surface area contributed by atoms with Gasteiger partial charge in [0.2, 0.25) is 0 Å². The van der Waals surface area contributed by atoms with Gasteiger partial charge >= 0.3 is 0 Å². The van der Waals surface area contributed by atoms with Crippen molar-refractivity contribution >= 4 is 0 Å². The minimum absolute atomic E-state index is 0.473. The Morgan fingerprint density at radius 2 is 0.611 bits per heavy atom. The maximum absolute atomic E-state index is 5.84. The van der Waals surface area contributed by atoms with Crippen molar-refractivity contribution in [3.05, 3.63) is 124 Å². The second-order valence-corrected chi connectivity index (χ2v) is 7.57. The maximum atomic E-state index is 5.84. The highest BCUT2D eigenvalue weighted by atomic mass is 16.5. The van der Waals surface area contributed by atoms with Gasteiger partial charge in [-0.05, 0) is 36.4 Å². The molecule has 0 saturated heterocycles. The molecule has 174 valence electrons. The minimum atomic E-state index is 0.473. The van der Waals surface area contributed by atoms with Crippen LogP contribution in [0.4, 0.5) is 0 Å². The van der Waals surface area contributed by atoms with E-state index in [-0.39, 0.29) is 0 Å². The van der Waals surface area contributed by atoms with Gasteiger partial charge in [-0.1, -0.05) is 90.1 Å². The van der Waals surface area contributed by atoms with Gasteiger partial charge in [-0.15, -0.1) is 0 Å². The minimum Gasteiger partial charge on any atom is -0.494 e. The molecule has 4 aromatic rings. The summed E-state index contributed by atoms with van der Waals surface area (Å²) in [5, 5.41) is 0. The fraction of sp³-hybridized carbons (Fsp3) is 0.0909. The summed E-state index contributed by atoms with van der Waals surface area (Å²) in [6.45, 7) is 0. The van der Waals surface area contributed by atoms with Crippen LogP contribution in [0.1, 0.15) is 33.4 Å². The van der Waals surface area contributed by atoms with Crippen LogP contribution in [0.2, 0.25) is 0 Å². The third-order valence-electron chi connectivity index (χ3n) is 5.29. The number of hydrogen-bond acceptors (Lipinski definition) is 3. The van der Waals surface area contributed by atoms with E-state index in [9.17, 15) is 0 Å². The lowest BCUT2D eigenvalue weighted by molar-refractivity contribution is 0.370. The molecular weight excluding hydrogens is 444 g/mol. The first kappa shape index (κ1) is 24.1. The molecule has 0 spiro atoms. The normalized spacial score (nSPS) is 9.42. The Bertz CT molecular complexity index is 1310. The van der Waals surface area contributed by atoms with E-state index in [1.165, 1.54) is 0 Å². The first-order valence-electron chi connectivity index (χ1n) is 11.3. The lowest BCUT2D eigenvalue weighted by Crippen LogP contribution is -2.04. The van der Waals surface area contributed by atoms with Crippen molar-refractivity contribution in [3.8, 4) is 52.8 Å². The molecular formula is C33H24O3. The van der Waals surface area contributed by atoms with E-state index in [0.717, 1.165) is 16.7 Å². The monoisotopic (exact) mass is 468 g/mol. The molecule has 0 saturated carbocycles. The van der Waals surface area contributed by atoms with Crippen LogP contribution in [0.15, 0.2) is 91.0 Å². The van der Waals surface area contributed by atoms with Gasteiger partial charge in [0.25, 0.3) is 0 Å². The Morgan fingerprint density at radius 3 is 0.833 bits per heavy atom. The van der Waals surface area contributed by atoms with Crippen LogP contribution >= 0.6 is 0 Å². The number of hydrogen-bond donors (Lipinski definition) is 0. The number of methoxy groups -OCH3 is 3. The topological polar surface area (TPSA) is 27.7 Å². The molecule has 0 amide bonds. The van der Waals surface area contributed by atoms with Gasteiger partial charge in [0.15, 0.2) is 17.2 Å². The third kappa shape index (κ3) is 5.53. The average molecular weight is 469 g/mol. The van der Waals surface area contributed by atoms with Crippen LogP contribution < -0.4 is 14.2 Å². The molecule has 3 heteroatoms. The molecule has 3 nitrogen and oxygen atoms in total. The summed E-state index contributed by atoms with van der Waals surface area (Å²) >= 11 is 0. The van der Waals surface area contributed by atoms with Crippen LogP contribution in [-0.4, -0.2) is 21.3 Å². The Labute approximate surface area is 212 Å². The van der Waals surface area contributed by atoms with Gasteiger partial charge in [-0.3, -0.25) is 0 Å². The smallest absolute Gasteiger partial charge is 0.157 e. The molecule has 0 heterocycles. The first-order valence-corrected chi connectivity index (χ1v) is 11.3. The summed E-state index contributed by atoms with van der Waals surface area (Å²) in [4.78, 5) is 0. The van der Waals surface area contributed by atoms with Crippen molar-refractivity contribution in [2.24, 2.45) is 0 Å². The summed E-state index contributed by atoms with van der Waals surface area (Å²) in [6, 6.07) is 29.2. The van der Waals surface area contributed by atoms with E-state index in [4.69, 9.17) is 14.2 Å². The average Bonchev–Trinajstić information content (AvgIpc) is 2.94. The van der Waals surface area contributed by atoms with Gasteiger partial charge in [0.1, 0.15) is 16.7 Å². The van der Waals surface area contributed by atoms with Gasteiger partial charge < -0.3 is 14.2 Å². The second-order valence-electron chi connectivity index (χ2n) is 7.57. The molecule has 4 aromatic carbocycles. The predicted octanol–water partition coefficient (Wildman–Crippen LogP) is 5.91. The highest BCUT2D eigenvalue weighted by Gasteiger charge is 2.24. The summed E-state index contributed by atoms with van der Waals surface area (Å²) in [5.41, 5.74) is 4.27. The van der Waals surface area contributed by atoms with Crippen LogP contribution in [0.3, 0.4) is 0 Å². The molecule has 0 fully saturated rings. The van der Waals surface area contributed by atoms with E-state index in [0.29, 0.717) is 33.9 Å². The summed E-state index contributed by atoms with van der Waals surface area (Å²) in [7, 11) is 4.76. The van der Waals surface area contributed by atoms with E-state index in [1.807, 2.05) is 91.0 Å². The summed E-state index contributed by atoms with van der Waals surface area (Å²) in [5.74, 6) is 20.7. The van der Waals surface area contributed by atoms with Crippen molar-refractivity contribution in [1.29, 1.82) is 0 Å². The van der Waals surface area contributed by atoms with Crippen LogP contribution in [-0.2, 0) is 0 Å². The first-order chi connectivity index (χ1) is 17.7. The molecule has 4 rings (SSSR count). The lowest BCUT2D eigenvalue weighted by Gasteiger charge is -2.17. The van der Waals surface area contributed by atoms with Crippen molar-refractivity contribution < 1.29 is 14.2 Å². The molecule has 0 aliphatic heterocycles. The molecule has 0 radical (unpaired) electrons. The Kier molecular flexibility index (Phi) is 7.96. The second kappa shape index (κ2) is 11.9. The summed E-state index contributed by atoms with van der Waals surface area (Å²) in [6.07, 6.45) is 0. The zero-order valence-electron chi connectivity index (χ0n) is 20.4. The maximum Gasteiger partial charge on any atom is 0.157 e. The van der Waals surface area contributed by atoms with Gasteiger partial charge in [0, 0.05) is 16.7 Å². The number of ether oxygens (including phenoxy) is 3. The van der Waals surface area contributed by atoms with Crippen LogP contribution in [0, 0.1) is 35.5 Å². The number of rotatable bonds is 3. The number of benzene rings is 4. The van der Waals surface area contributed by atoms with Crippen LogP contribution in [0.25, 0.3) is 0 Å². The van der Waals surface area contributed by atoms with E-state index in [2.05, 4.69) is 35.5 Å². The van der Waals surface area contributed by atoms with Gasteiger partial charge in [0.05, 0.1) is 21.3 Å². The largest absolute Gasteiger partial charge is 0.494 e. The fourth-order valence-corrected chi connectivity index (χ4v) is 3.61. The van der Waals surface area contributed by atoms with Gasteiger partial charge in [-0.2, -0.15) is 0 Å². The Morgan fingerprint density at radius 1 is 0.361 bits per heavy atom. The van der Waals surface area contributed by atoms with Crippen molar-refractivity contribution in [1.82, 2.24) is 0 Å².